The SMILES string of the molecule is Cc1cccc2c(C(Nc3ncccn3)c3ccc([N+](=O)[O-])o3)c[nH]c12. The number of aromatic nitrogens is 3. The van der Waals surface area contributed by atoms with Gasteiger partial charge in [-0.05, 0) is 24.6 Å². The van der Waals surface area contributed by atoms with Gasteiger partial charge < -0.3 is 14.7 Å². The van der Waals surface area contributed by atoms with Gasteiger partial charge in [-0.3, -0.25) is 10.1 Å². The summed E-state index contributed by atoms with van der Waals surface area (Å²) in [5.74, 6) is 0.502. The lowest BCUT2D eigenvalue weighted by molar-refractivity contribution is -0.402. The summed E-state index contributed by atoms with van der Waals surface area (Å²) in [4.78, 5) is 22.1. The summed E-state index contributed by atoms with van der Waals surface area (Å²) >= 11 is 0. The number of para-hydroxylation sites is 1. The lowest BCUT2D eigenvalue weighted by Crippen LogP contribution is -2.13. The third-order valence-electron chi connectivity index (χ3n) is 4.18. The summed E-state index contributed by atoms with van der Waals surface area (Å²) in [7, 11) is 0. The van der Waals surface area contributed by atoms with E-state index in [9.17, 15) is 10.1 Å². The van der Waals surface area contributed by atoms with Gasteiger partial charge >= 0.3 is 5.88 Å². The average Bonchev–Trinajstić information content (AvgIpc) is 3.29. The predicted octanol–water partition coefficient (Wildman–Crippen LogP) is 3.97. The molecule has 4 rings (SSSR count). The molecule has 26 heavy (non-hydrogen) atoms. The number of nitro groups is 1. The summed E-state index contributed by atoms with van der Waals surface area (Å²) in [6, 6.07) is 10.1. The van der Waals surface area contributed by atoms with Crippen LogP contribution < -0.4 is 5.32 Å². The third-order valence-corrected chi connectivity index (χ3v) is 4.18. The van der Waals surface area contributed by atoms with Crippen molar-refractivity contribution in [2.24, 2.45) is 0 Å². The van der Waals surface area contributed by atoms with E-state index in [0.29, 0.717) is 11.7 Å². The van der Waals surface area contributed by atoms with Crippen LogP contribution in [0.3, 0.4) is 0 Å². The van der Waals surface area contributed by atoms with Gasteiger partial charge in [-0.15, -0.1) is 0 Å². The van der Waals surface area contributed by atoms with Gasteiger partial charge in [0.15, 0.2) is 0 Å². The standard InChI is InChI=1S/C18H15N5O3/c1-11-4-2-5-12-13(10-21-16(11)12)17(22-18-19-8-3-9-20-18)14-6-7-15(26-14)23(24)25/h2-10,17,21H,1H3,(H,19,20,22). The number of nitrogens with one attached hydrogen (secondary N) is 2. The van der Waals surface area contributed by atoms with Gasteiger partial charge in [-0.2, -0.15) is 0 Å². The largest absolute Gasteiger partial charge is 0.433 e. The van der Waals surface area contributed by atoms with Crippen LogP contribution in [-0.2, 0) is 0 Å². The number of hydrogen-bond acceptors (Lipinski definition) is 6. The number of fused-ring (bicyclic) bond motifs is 1. The molecule has 3 aromatic heterocycles. The van der Waals surface area contributed by atoms with E-state index in [1.165, 1.54) is 6.07 Å². The van der Waals surface area contributed by atoms with Crippen LogP contribution in [0.1, 0.15) is 22.9 Å². The highest BCUT2D eigenvalue weighted by Crippen LogP contribution is 2.34. The smallest absolute Gasteiger partial charge is 0.403 e. The minimum atomic E-state index is -0.557. The molecular formula is C18H15N5O3. The molecule has 1 atom stereocenters. The zero-order valence-corrected chi connectivity index (χ0v) is 13.8. The van der Waals surface area contributed by atoms with Crippen molar-refractivity contribution in [3.05, 3.63) is 82.0 Å². The van der Waals surface area contributed by atoms with Crippen LogP contribution in [0.15, 0.2) is 59.4 Å². The number of benzene rings is 1. The molecule has 0 radical (unpaired) electrons. The molecule has 0 fully saturated rings. The highest BCUT2D eigenvalue weighted by atomic mass is 16.6. The number of aromatic amines is 1. The van der Waals surface area contributed by atoms with Crippen molar-refractivity contribution in [2.45, 2.75) is 13.0 Å². The van der Waals surface area contributed by atoms with Crippen molar-refractivity contribution in [3.63, 3.8) is 0 Å². The maximum absolute atomic E-state index is 11.0. The monoisotopic (exact) mass is 349 g/mol. The fraction of sp³-hybridized carbons (Fsp3) is 0.111. The maximum atomic E-state index is 11.0. The van der Waals surface area contributed by atoms with Crippen LogP contribution >= 0.6 is 0 Å². The molecule has 0 aliphatic rings. The van der Waals surface area contributed by atoms with Crippen molar-refractivity contribution in [2.75, 3.05) is 5.32 Å². The molecule has 8 nitrogen and oxygen atoms in total. The molecule has 4 aromatic rings. The van der Waals surface area contributed by atoms with Crippen LogP contribution in [0.4, 0.5) is 11.8 Å². The molecule has 0 aliphatic carbocycles. The van der Waals surface area contributed by atoms with Crippen LogP contribution in [0, 0.1) is 17.0 Å². The second-order valence-electron chi connectivity index (χ2n) is 5.82. The van der Waals surface area contributed by atoms with Gasteiger partial charge in [0.05, 0.1) is 6.07 Å². The summed E-state index contributed by atoms with van der Waals surface area (Å²) in [6.07, 6.45) is 5.11. The Morgan fingerprint density at radius 3 is 2.73 bits per heavy atom. The van der Waals surface area contributed by atoms with Crippen molar-refractivity contribution in [1.82, 2.24) is 15.0 Å². The number of rotatable bonds is 5. The topological polar surface area (TPSA) is 110 Å². The second kappa shape index (κ2) is 6.32. The van der Waals surface area contributed by atoms with Crippen LogP contribution in [0.2, 0.25) is 0 Å². The van der Waals surface area contributed by atoms with E-state index >= 15 is 0 Å². The van der Waals surface area contributed by atoms with Gasteiger partial charge in [0.25, 0.3) is 0 Å². The Morgan fingerprint density at radius 1 is 1.19 bits per heavy atom. The van der Waals surface area contributed by atoms with E-state index in [2.05, 4.69) is 20.3 Å². The Bertz CT molecular complexity index is 1070. The first kappa shape index (κ1) is 15.8. The van der Waals surface area contributed by atoms with Crippen molar-refractivity contribution < 1.29 is 9.34 Å². The Morgan fingerprint density at radius 2 is 2.00 bits per heavy atom. The lowest BCUT2D eigenvalue weighted by atomic mass is 10.0. The molecule has 0 amide bonds. The highest BCUT2D eigenvalue weighted by Gasteiger charge is 2.25. The van der Waals surface area contributed by atoms with Crippen molar-refractivity contribution in [3.8, 4) is 0 Å². The fourth-order valence-electron chi connectivity index (χ4n) is 2.97. The van der Waals surface area contributed by atoms with E-state index in [0.717, 1.165) is 22.0 Å². The Balaban J connectivity index is 1.83. The summed E-state index contributed by atoms with van der Waals surface area (Å²) in [5.41, 5.74) is 3.00. The van der Waals surface area contributed by atoms with Gasteiger partial charge in [-0.1, -0.05) is 18.2 Å². The van der Waals surface area contributed by atoms with Crippen LogP contribution in [0.5, 0.6) is 0 Å². The summed E-state index contributed by atoms with van der Waals surface area (Å²) in [6.45, 7) is 2.02. The molecule has 0 aliphatic heterocycles. The van der Waals surface area contributed by atoms with E-state index in [-0.39, 0.29) is 5.88 Å². The number of furan rings is 1. The maximum Gasteiger partial charge on any atom is 0.433 e. The number of nitrogens with zero attached hydrogens (tertiary/aromatic N) is 3. The fourth-order valence-corrected chi connectivity index (χ4v) is 2.97. The van der Waals surface area contributed by atoms with Crippen molar-refractivity contribution >= 4 is 22.7 Å². The quantitative estimate of drug-likeness (QED) is 0.417. The molecule has 130 valence electrons. The first-order valence-corrected chi connectivity index (χ1v) is 7.98. The normalized spacial score (nSPS) is 12.2. The predicted molar refractivity (Wildman–Crippen MR) is 95.9 cm³/mol. The highest BCUT2D eigenvalue weighted by molar-refractivity contribution is 5.87. The zero-order valence-electron chi connectivity index (χ0n) is 13.8. The summed E-state index contributed by atoms with van der Waals surface area (Å²) < 4.78 is 5.45. The molecule has 0 saturated carbocycles. The van der Waals surface area contributed by atoms with Crippen LogP contribution in [0.25, 0.3) is 10.9 Å². The number of anilines is 1. The molecule has 3 heterocycles. The molecule has 8 heteroatoms. The minimum absolute atomic E-state index is 0.309. The molecule has 0 saturated heterocycles. The van der Waals surface area contributed by atoms with E-state index < -0.39 is 11.0 Å². The van der Waals surface area contributed by atoms with Gasteiger partial charge in [0.2, 0.25) is 5.95 Å². The Kier molecular flexibility index (Phi) is 3.85. The van der Waals surface area contributed by atoms with E-state index in [1.807, 2.05) is 31.3 Å². The Labute approximate surface area is 148 Å². The molecule has 1 unspecified atom stereocenters. The molecule has 0 spiro atoms. The molecule has 2 N–H and O–H groups in total. The third kappa shape index (κ3) is 2.77. The number of aryl methyl sites for hydroxylation is 1. The first-order valence-electron chi connectivity index (χ1n) is 7.98. The molecular weight excluding hydrogens is 334 g/mol. The number of H-pyrrole nitrogens is 1. The zero-order chi connectivity index (χ0) is 18.1. The summed E-state index contributed by atoms with van der Waals surface area (Å²) in [5, 5.41) is 15.2. The number of hydrogen-bond donors (Lipinski definition) is 2. The minimum Gasteiger partial charge on any atom is -0.403 e. The van der Waals surface area contributed by atoms with Gasteiger partial charge in [0.1, 0.15) is 16.7 Å². The second-order valence-corrected chi connectivity index (χ2v) is 5.82. The Hall–Kier alpha value is -3.68. The molecule has 1 aromatic carbocycles. The van der Waals surface area contributed by atoms with Gasteiger partial charge in [-0.25, -0.2) is 9.97 Å². The average molecular weight is 349 g/mol. The van der Waals surface area contributed by atoms with E-state index in [4.69, 9.17) is 4.42 Å². The van der Waals surface area contributed by atoms with Gasteiger partial charge in [0, 0.05) is 35.1 Å². The lowest BCUT2D eigenvalue weighted by Gasteiger charge is -2.16. The first-order chi connectivity index (χ1) is 12.6. The van der Waals surface area contributed by atoms with E-state index in [1.54, 1.807) is 24.5 Å². The van der Waals surface area contributed by atoms with Crippen molar-refractivity contribution in [1.29, 1.82) is 0 Å². The molecule has 0 bridgehead atoms. The van der Waals surface area contributed by atoms with Crippen LogP contribution in [-0.4, -0.2) is 19.9 Å².